The molecule has 3 aromatic carbocycles. The van der Waals surface area contributed by atoms with Crippen molar-refractivity contribution in [2.45, 2.75) is 13.5 Å². The van der Waals surface area contributed by atoms with Crippen LogP contribution in [0.1, 0.15) is 18.1 Å². The van der Waals surface area contributed by atoms with Gasteiger partial charge < -0.3 is 14.8 Å². The van der Waals surface area contributed by atoms with Crippen molar-refractivity contribution in [3.05, 3.63) is 90.3 Å². The summed E-state index contributed by atoms with van der Waals surface area (Å²) in [4.78, 5) is 17.5. The Morgan fingerprint density at radius 1 is 1.03 bits per heavy atom. The van der Waals surface area contributed by atoms with E-state index < -0.39 is 0 Å². The fourth-order valence-corrected chi connectivity index (χ4v) is 4.95. The van der Waals surface area contributed by atoms with Crippen molar-refractivity contribution in [1.82, 2.24) is 5.32 Å². The number of thioether (sulfide) groups is 1. The number of rotatable bonds is 7. The van der Waals surface area contributed by atoms with Gasteiger partial charge in [-0.1, -0.05) is 35.3 Å². The molecule has 174 valence electrons. The van der Waals surface area contributed by atoms with E-state index in [2.05, 4.69) is 32.9 Å². The topological polar surface area (TPSA) is 59.9 Å². The molecule has 9 heteroatoms. The molecule has 0 aliphatic carbocycles. The van der Waals surface area contributed by atoms with E-state index in [0.717, 1.165) is 14.7 Å². The van der Waals surface area contributed by atoms with Crippen molar-refractivity contribution in [3.63, 3.8) is 0 Å². The Kier molecular flexibility index (Phi) is 8.41. The van der Waals surface area contributed by atoms with Crippen LogP contribution in [0, 0.1) is 3.57 Å². The maximum absolute atomic E-state index is 12.5. The van der Waals surface area contributed by atoms with Gasteiger partial charge in [-0.3, -0.25) is 4.79 Å². The second kappa shape index (κ2) is 11.5. The molecule has 0 spiro atoms. The van der Waals surface area contributed by atoms with Crippen LogP contribution in [-0.4, -0.2) is 17.7 Å². The number of halogens is 3. The summed E-state index contributed by atoms with van der Waals surface area (Å²) < 4.78 is 12.8. The first-order chi connectivity index (χ1) is 16.4. The van der Waals surface area contributed by atoms with Gasteiger partial charge in [0.15, 0.2) is 16.7 Å². The summed E-state index contributed by atoms with van der Waals surface area (Å²) in [6.07, 6.45) is 1.82. The molecule has 0 radical (unpaired) electrons. The molecule has 0 unspecified atom stereocenters. The highest BCUT2D eigenvalue weighted by atomic mass is 127. The molecular weight excluding hydrogens is 606 g/mol. The maximum atomic E-state index is 12.5. The van der Waals surface area contributed by atoms with Crippen LogP contribution in [0.4, 0.5) is 5.69 Å². The van der Waals surface area contributed by atoms with E-state index in [0.29, 0.717) is 50.5 Å². The number of hydrogen-bond donors (Lipinski definition) is 1. The van der Waals surface area contributed by atoms with Crippen LogP contribution >= 0.6 is 57.6 Å². The zero-order chi connectivity index (χ0) is 24.1. The van der Waals surface area contributed by atoms with Gasteiger partial charge in [0, 0.05) is 10.0 Å². The average Bonchev–Trinajstić information content (AvgIpc) is 3.14. The summed E-state index contributed by atoms with van der Waals surface area (Å²) in [5.41, 5.74) is 2.54. The van der Waals surface area contributed by atoms with Gasteiger partial charge in [0.2, 0.25) is 0 Å². The molecule has 1 fully saturated rings. The van der Waals surface area contributed by atoms with Crippen LogP contribution in [0.25, 0.3) is 6.08 Å². The molecule has 34 heavy (non-hydrogen) atoms. The fraction of sp³-hybridized carbons (Fsp3) is 0.120. The van der Waals surface area contributed by atoms with Crippen molar-refractivity contribution in [2.24, 2.45) is 4.99 Å². The van der Waals surface area contributed by atoms with Crippen molar-refractivity contribution in [2.75, 3.05) is 6.61 Å². The number of nitrogens with one attached hydrogen (secondary N) is 1. The molecule has 1 saturated heterocycles. The van der Waals surface area contributed by atoms with Gasteiger partial charge in [0.1, 0.15) is 6.61 Å². The highest BCUT2D eigenvalue weighted by Crippen LogP contribution is 2.37. The third kappa shape index (κ3) is 6.47. The quantitative estimate of drug-likeness (QED) is 0.219. The van der Waals surface area contributed by atoms with Crippen molar-refractivity contribution < 1.29 is 14.3 Å². The molecule has 1 aliphatic heterocycles. The van der Waals surface area contributed by atoms with Crippen molar-refractivity contribution in [3.8, 4) is 11.5 Å². The Morgan fingerprint density at radius 3 is 2.38 bits per heavy atom. The van der Waals surface area contributed by atoms with E-state index >= 15 is 0 Å². The van der Waals surface area contributed by atoms with E-state index in [-0.39, 0.29) is 5.91 Å². The molecule has 1 amide bonds. The number of hydrogen-bond acceptors (Lipinski definition) is 5. The number of carbonyl (C=O) groups is 1. The minimum absolute atomic E-state index is 0.200. The van der Waals surface area contributed by atoms with Crippen LogP contribution < -0.4 is 14.8 Å². The summed E-state index contributed by atoms with van der Waals surface area (Å²) in [5, 5.41) is 4.63. The van der Waals surface area contributed by atoms with Crippen LogP contribution in [0.15, 0.2) is 70.6 Å². The normalized spacial score (nSPS) is 15.6. The summed E-state index contributed by atoms with van der Waals surface area (Å²) in [7, 11) is 0. The molecule has 0 bridgehead atoms. The van der Waals surface area contributed by atoms with Gasteiger partial charge in [0.25, 0.3) is 5.91 Å². The number of ether oxygens (including phenoxy) is 2. The Hall–Kier alpha value is -2.20. The highest BCUT2D eigenvalue weighted by molar-refractivity contribution is 14.1. The third-order valence-corrected chi connectivity index (χ3v) is 6.85. The molecule has 0 aromatic heterocycles. The van der Waals surface area contributed by atoms with Gasteiger partial charge >= 0.3 is 0 Å². The molecule has 3 aromatic rings. The first-order valence-corrected chi connectivity index (χ1v) is 12.9. The second-order valence-electron chi connectivity index (χ2n) is 7.14. The van der Waals surface area contributed by atoms with Crippen molar-refractivity contribution >= 4 is 80.4 Å². The van der Waals surface area contributed by atoms with E-state index in [4.69, 9.17) is 32.7 Å². The Bertz CT molecular complexity index is 1260. The van der Waals surface area contributed by atoms with Crippen LogP contribution in [0.2, 0.25) is 10.0 Å². The van der Waals surface area contributed by atoms with Gasteiger partial charge in [0.05, 0.1) is 20.8 Å². The molecule has 5 nitrogen and oxygen atoms in total. The van der Waals surface area contributed by atoms with E-state index in [9.17, 15) is 4.79 Å². The van der Waals surface area contributed by atoms with Crippen LogP contribution in [-0.2, 0) is 11.4 Å². The lowest BCUT2D eigenvalue weighted by molar-refractivity contribution is -0.115. The van der Waals surface area contributed by atoms with Gasteiger partial charge in [-0.15, -0.1) is 0 Å². The monoisotopic (exact) mass is 624 g/mol. The number of carbonyl (C=O) groups excluding carboxylic acids is 1. The SMILES string of the molecule is CCOc1cc(/C=C2\SC(=Nc3ccc(Cl)cc3)NC2=O)cc(I)c1OCc1ccc(Cl)cc1. The number of amidine groups is 1. The first kappa shape index (κ1) is 24.9. The first-order valence-electron chi connectivity index (χ1n) is 10.3. The fourth-order valence-electron chi connectivity index (χ4n) is 3.08. The Balaban J connectivity index is 1.54. The zero-order valence-corrected chi connectivity index (χ0v) is 22.5. The molecule has 1 aliphatic rings. The summed E-state index contributed by atoms with van der Waals surface area (Å²) in [6, 6.07) is 18.4. The summed E-state index contributed by atoms with van der Waals surface area (Å²) in [5.74, 6) is 1.08. The van der Waals surface area contributed by atoms with Crippen molar-refractivity contribution in [1.29, 1.82) is 0 Å². The van der Waals surface area contributed by atoms with E-state index in [1.54, 1.807) is 24.3 Å². The zero-order valence-electron chi connectivity index (χ0n) is 18.0. The van der Waals surface area contributed by atoms with Gasteiger partial charge in [-0.05, 0) is 107 Å². The van der Waals surface area contributed by atoms with Gasteiger partial charge in [-0.25, -0.2) is 4.99 Å². The van der Waals surface area contributed by atoms with E-state index in [1.807, 2.05) is 49.4 Å². The molecule has 0 atom stereocenters. The van der Waals surface area contributed by atoms with Gasteiger partial charge in [-0.2, -0.15) is 0 Å². The number of benzene rings is 3. The number of nitrogens with zero attached hydrogens (tertiary/aromatic N) is 1. The molecular formula is C25H19Cl2IN2O3S. The lowest BCUT2D eigenvalue weighted by Gasteiger charge is -2.15. The second-order valence-corrected chi connectivity index (χ2v) is 10.2. The third-order valence-electron chi connectivity index (χ3n) is 4.63. The summed E-state index contributed by atoms with van der Waals surface area (Å²) in [6.45, 7) is 2.79. The molecule has 4 rings (SSSR count). The predicted octanol–water partition coefficient (Wildman–Crippen LogP) is 7.47. The number of aliphatic imine (C=N–C) groups is 1. The predicted molar refractivity (Wildman–Crippen MR) is 148 cm³/mol. The maximum Gasteiger partial charge on any atom is 0.264 e. The number of amides is 1. The smallest absolute Gasteiger partial charge is 0.264 e. The largest absolute Gasteiger partial charge is 0.490 e. The lowest BCUT2D eigenvalue weighted by atomic mass is 10.2. The lowest BCUT2D eigenvalue weighted by Crippen LogP contribution is -2.19. The highest BCUT2D eigenvalue weighted by Gasteiger charge is 2.24. The Labute approximate surface area is 225 Å². The van der Waals surface area contributed by atoms with E-state index in [1.165, 1.54) is 11.8 Å². The van der Waals surface area contributed by atoms with Crippen LogP contribution in [0.5, 0.6) is 11.5 Å². The molecule has 1 N–H and O–H groups in total. The Morgan fingerprint density at radius 2 is 1.71 bits per heavy atom. The standard InChI is InChI=1S/C25H19Cl2IN2O3S/c1-2-32-21-12-16(11-20(28)23(21)33-14-15-3-5-17(26)6-4-15)13-22-24(31)30-25(34-22)29-19-9-7-18(27)8-10-19/h3-13H,2,14H2,1H3,(H,29,30,31)/b22-13-. The minimum Gasteiger partial charge on any atom is -0.490 e. The average molecular weight is 625 g/mol. The molecule has 1 heterocycles. The minimum atomic E-state index is -0.200. The molecule has 0 saturated carbocycles. The summed E-state index contributed by atoms with van der Waals surface area (Å²) >= 11 is 15.4. The van der Waals surface area contributed by atoms with Crippen LogP contribution in [0.3, 0.4) is 0 Å².